The van der Waals surface area contributed by atoms with Crippen LogP contribution < -0.4 is 31.5 Å². The number of hydrogen-bond donors (Lipinski definition) is 0. The molecule has 0 bridgehead atoms. The van der Waals surface area contributed by atoms with Crippen LogP contribution in [0, 0.1) is 0 Å². The van der Waals surface area contributed by atoms with Gasteiger partial charge in [-0.3, -0.25) is 0 Å². The Morgan fingerprint density at radius 3 is 0.750 bits per heavy atom. The van der Waals surface area contributed by atoms with Gasteiger partial charge >= 0.3 is 208 Å². The van der Waals surface area contributed by atoms with E-state index in [1.165, 1.54) is 31.5 Å². The Labute approximate surface area is 207 Å². The van der Waals surface area contributed by atoms with Crippen molar-refractivity contribution in [1.82, 2.24) is 0 Å². The van der Waals surface area contributed by atoms with Crippen molar-refractivity contribution in [3.05, 3.63) is 72.8 Å². The van der Waals surface area contributed by atoms with Crippen LogP contribution in [-0.2, 0) is 0 Å². The van der Waals surface area contributed by atoms with E-state index in [4.69, 9.17) is 0 Å². The third-order valence-corrected chi connectivity index (χ3v) is 19.5. The molecule has 0 aliphatic carbocycles. The van der Waals surface area contributed by atoms with E-state index in [0.717, 1.165) is 0 Å². The zero-order valence-corrected chi connectivity index (χ0v) is 26.9. The normalized spacial score (nSPS) is 13.3. The fourth-order valence-corrected chi connectivity index (χ4v) is 12.4. The van der Waals surface area contributed by atoms with E-state index in [0.29, 0.717) is 0 Å². The van der Waals surface area contributed by atoms with Crippen LogP contribution in [0.5, 0.6) is 0 Å². The molecule has 0 nitrogen and oxygen atoms in total. The molecule has 0 aromatic heterocycles. The minimum absolute atomic E-state index is 1.32. The van der Waals surface area contributed by atoms with E-state index in [1.807, 2.05) is 0 Å². The number of hydrogen-bond acceptors (Lipinski definition) is 0. The predicted octanol–water partition coefficient (Wildman–Crippen LogP) is 4.70. The summed E-state index contributed by atoms with van der Waals surface area (Å²) in [4.78, 5) is 0. The van der Waals surface area contributed by atoms with E-state index < -0.39 is 29.7 Å². The molecular weight excluding hydrogens is 518 g/mol. The SMILES string of the molecule is C[Si](C)(C)c1ccc(P(=[Se])(c2ccc([Si](C)(C)C)cc2)c2ccc([Si](C)(C)C)cc2)cc1. The average Bonchev–Trinajstić information content (AvgIpc) is 2.71. The summed E-state index contributed by atoms with van der Waals surface area (Å²) in [6.07, 6.45) is 0. The van der Waals surface area contributed by atoms with Gasteiger partial charge in [0.1, 0.15) is 0 Å². The molecule has 0 amide bonds. The van der Waals surface area contributed by atoms with Gasteiger partial charge in [0.2, 0.25) is 0 Å². The molecule has 0 saturated heterocycles. The van der Waals surface area contributed by atoms with Crippen LogP contribution in [0.15, 0.2) is 72.8 Å². The molecule has 32 heavy (non-hydrogen) atoms. The zero-order valence-electron chi connectivity index (χ0n) is 21.3. The van der Waals surface area contributed by atoms with Gasteiger partial charge in [-0.15, -0.1) is 0 Å². The van der Waals surface area contributed by atoms with Crippen molar-refractivity contribution >= 4 is 76.3 Å². The molecule has 5 heteroatoms. The zero-order chi connectivity index (χ0) is 23.9. The average molecular weight is 558 g/mol. The number of rotatable bonds is 6. The van der Waals surface area contributed by atoms with Crippen LogP contribution in [0.25, 0.3) is 0 Å². The van der Waals surface area contributed by atoms with Crippen molar-refractivity contribution in [2.45, 2.75) is 58.9 Å². The number of benzene rings is 3. The van der Waals surface area contributed by atoms with Crippen molar-refractivity contribution in [2.75, 3.05) is 0 Å². The standard InChI is InChI=1S/C27H39PSeSi3/c1-30(2,3)25-16-10-22(11-17-25)28(29,23-12-18-26(19-13-23)31(4,5)6)24-14-20-27(21-15-24)32(7,8)9/h10-21H,1-9H3. The van der Waals surface area contributed by atoms with E-state index in [1.54, 1.807) is 0 Å². The van der Waals surface area contributed by atoms with Crippen LogP contribution in [0.3, 0.4) is 0 Å². The van der Waals surface area contributed by atoms with Gasteiger partial charge in [0, 0.05) is 0 Å². The summed E-state index contributed by atoms with van der Waals surface area (Å²) < 4.78 is 0. The van der Waals surface area contributed by atoms with Crippen LogP contribution in [0.4, 0.5) is 0 Å². The molecule has 0 radical (unpaired) electrons. The summed E-state index contributed by atoms with van der Waals surface area (Å²) in [7, 11) is -3.96. The maximum absolute atomic E-state index is 3.76. The van der Waals surface area contributed by atoms with Crippen molar-refractivity contribution in [1.29, 1.82) is 0 Å². The first-order chi connectivity index (χ1) is 14.6. The van der Waals surface area contributed by atoms with E-state index in [2.05, 4.69) is 147 Å². The molecule has 0 unspecified atom stereocenters. The molecule has 0 spiro atoms. The van der Waals surface area contributed by atoms with E-state index in [-0.39, 0.29) is 0 Å². The Morgan fingerprint density at radius 1 is 0.406 bits per heavy atom. The molecule has 3 rings (SSSR count). The van der Waals surface area contributed by atoms with Crippen molar-refractivity contribution in [3.8, 4) is 0 Å². The molecule has 0 heterocycles. The van der Waals surface area contributed by atoms with Crippen LogP contribution in [-0.4, -0.2) is 39.3 Å². The van der Waals surface area contributed by atoms with Crippen molar-refractivity contribution in [2.24, 2.45) is 0 Å². The molecule has 3 aromatic carbocycles. The maximum atomic E-state index is 3.76. The topological polar surface area (TPSA) is 0 Å². The third kappa shape index (κ3) is 5.49. The first kappa shape index (κ1) is 25.9. The van der Waals surface area contributed by atoms with Gasteiger partial charge in [-0.1, -0.05) is 0 Å². The molecule has 0 atom stereocenters. The quantitative estimate of drug-likeness (QED) is 0.305. The van der Waals surface area contributed by atoms with Gasteiger partial charge in [0.25, 0.3) is 0 Å². The molecule has 0 fully saturated rings. The van der Waals surface area contributed by atoms with Gasteiger partial charge in [0.15, 0.2) is 0 Å². The molecule has 0 aliphatic heterocycles. The fourth-order valence-electron chi connectivity index (χ4n) is 3.96. The monoisotopic (exact) mass is 558 g/mol. The first-order valence-electron chi connectivity index (χ1n) is 11.6. The Hall–Kier alpha value is -0.740. The Kier molecular flexibility index (Phi) is 7.39. The Morgan fingerprint density at radius 2 is 0.594 bits per heavy atom. The molecule has 170 valence electrons. The van der Waals surface area contributed by atoms with Gasteiger partial charge in [-0.25, -0.2) is 0 Å². The van der Waals surface area contributed by atoms with Crippen LogP contribution in [0.2, 0.25) is 58.9 Å². The van der Waals surface area contributed by atoms with Crippen LogP contribution in [0.1, 0.15) is 0 Å². The molecule has 0 N–H and O–H groups in total. The van der Waals surface area contributed by atoms with Gasteiger partial charge < -0.3 is 0 Å². The molecule has 3 aromatic rings. The summed E-state index contributed by atoms with van der Waals surface area (Å²) in [6, 6.07) is 28.7. The van der Waals surface area contributed by atoms with Gasteiger partial charge in [-0.05, 0) is 0 Å². The second kappa shape index (κ2) is 9.13. The Balaban J connectivity index is 2.18. The Bertz CT molecular complexity index is 966. The summed E-state index contributed by atoms with van der Waals surface area (Å²) in [5.74, 6) is 0. The fraction of sp³-hybridized carbons (Fsp3) is 0.333. The summed E-state index contributed by atoms with van der Waals surface area (Å²) in [5.41, 5.74) is -1.82. The summed E-state index contributed by atoms with van der Waals surface area (Å²) >= 11 is 3.76. The molecular formula is C27H39PSeSi3. The van der Waals surface area contributed by atoms with Crippen LogP contribution >= 0.6 is 5.51 Å². The predicted molar refractivity (Wildman–Crippen MR) is 160 cm³/mol. The minimum atomic E-state index is -1.82. The van der Waals surface area contributed by atoms with Crippen molar-refractivity contribution < 1.29 is 0 Å². The summed E-state index contributed by atoms with van der Waals surface area (Å²) in [5, 5.41) is 8.87. The first-order valence-corrected chi connectivity index (χ1v) is 26.1. The third-order valence-electron chi connectivity index (χ3n) is 6.29. The molecule has 0 aliphatic rings. The van der Waals surface area contributed by atoms with Crippen molar-refractivity contribution in [3.63, 3.8) is 0 Å². The van der Waals surface area contributed by atoms with Gasteiger partial charge in [-0.2, -0.15) is 0 Å². The molecule has 0 saturated carbocycles. The second-order valence-corrected chi connectivity index (χ2v) is 33.4. The van der Waals surface area contributed by atoms with Gasteiger partial charge in [0.05, 0.1) is 0 Å². The van der Waals surface area contributed by atoms with E-state index >= 15 is 0 Å². The second-order valence-electron chi connectivity index (χ2n) is 12.0. The van der Waals surface area contributed by atoms with E-state index in [9.17, 15) is 0 Å². The summed E-state index contributed by atoms with van der Waals surface area (Å²) in [6.45, 7) is 21.8.